The molecule has 5 nitrogen and oxygen atoms in total. The highest BCUT2D eigenvalue weighted by Crippen LogP contribution is 2.28. The summed E-state index contributed by atoms with van der Waals surface area (Å²) in [5.74, 6) is 0.0105. The minimum absolute atomic E-state index is 0.0674. The van der Waals surface area contributed by atoms with E-state index >= 15 is 0 Å². The van der Waals surface area contributed by atoms with E-state index in [1.807, 2.05) is 14.1 Å². The average Bonchev–Trinajstić information content (AvgIpc) is 2.95. The fraction of sp³-hybridized carbons (Fsp3) is 0.474. The number of carbonyl (C=O) groups is 1. The maximum atomic E-state index is 12.8. The van der Waals surface area contributed by atoms with E-state index in [1.165, 1.54) is 18.6 Å². The largest absolute Gasteiger partial charge is 0.494 e. The van der Waals surface area contributed by atoms with Gasteiger partial charge in [0, 0.05) is 23.8 Å². The Morgan fingerprint density at radius 2 is 2.04 bits per heavy atom. The van der Waals surface area contributed by atoms with Crippen LogP contribution in [0.1, 0.15) is 36.7 Å². The number of ether oxygens (including phenoxy) is 1. The van der Waals surface area contributed by atoms with Crippen molar-refractivity contribution in [1.82, 2.24) is 8.86 Å². The lowest BCUT2D eigenvalue weighted by molar-refractivity contribution is 0.0996. The molecule has 2 aromatic rings. The Kier molecular flexibility index (Phi) is 6.66. The molecule has 1 amide bonds. The van der Waals surface area contributed by atoms with Crippen LogP contribution < -0.4 is 9.41 Å². The van der Waals surface area contributed by atoms with Crippen molar-refractivity contribution in [3.63, 3.8) is 0 Å². The number of amides is 1. The number of benzene rings is 1. The normalized spacial score (nSPS) is 12.7. The number of carbonyl (C=O) groups excluding carboxylic acids is 1. The first-order valence-corrected chi connectivity index (χ1v) is 9.57. The number of halogens is 1. The molecule has 142 valence electrons. The summed E-state index contributed by atoms with van der Waals surface area (Å²) in [6.07, 6.45) is 2.92. The summed E-state index contributed by atoms with van der Waals surface area (Å²) in [4.78, 5) is 19.3. The maximum Gasteiger partial charge on any atom is 0.282 e. The lowest BCUT2D eigenvalue weighted by Gasteiger charge is -2.19. The van der Waals surface area contributed by atoms with Crippen molar-refractivity contribution in [2.45, 2.75) is 32.7 Å². The number of hydrogen-bond acceptors (Lipinski definition) is 4. The van der Waals surface area contributed by atoms with Crippen molar-refractivity contribution >= 4 is 29.0 Å². The van der Waals surface area contributed by atoms with E-state index in [-0.39, 0.29) is 11.4 Å². The molecule has 0 radical (unpaired) electrons. The Morgan fingerprint density at radius 1 is 1.35 bits per heavy atom. The lowest BCUT2D eigenvalue weighted by atomic mass is 10.1. The van der Waals surface area contributed by atoms with Gasteiger partial charge in [-0.3, -0.25) is 8.75 Å². The molecule has 0 aliphatic heterocycles. The van der Waals surface area contributed by atoms with E-state index in [0.717, 1.165) is 23.2 Å². The first kappa shape index (κ1) is 20.7. The molecule has 0 fully saturated rings. The Labute approximate surface area is 164 Å². The van der Waals surface area contributed by atoms with Crippen molar-refractivity contribution in [2.75, 3.05) is 27.7 Å². The van der Waals surface area contributed by atoms with Crippen LogP contribution in [-0.2, 0) is 12.0 Å². The molecule has 0 aliphatic rings. The van der Waals surface area contributed by atoms with Crippen LogP contribution in [0.4, 0.5) is 0 Å². The van der Waals surface area contributed by atoms with Gasteiger partial charge in [-0.1, -0.05) is 17.7 Å². The topological polar surface area (TPSA) is 46.8 Å². The van der Waals surface area contributed by atoms with Crippen LogP contribution in [0.2, 0.25) is 5.02 Å². The molecule has 0 bridgehead atoms. The highest BCUT2D eigenvalue weighted by molar-refractivity contribution is 7.04. The lowest BCUT2D eigenvalue weighted by Crippen LogP contribution is -2.18. The van der Waals surface area contributed by atoms with E-state index in [4.69, 9.17) is 16.3 Å². The molecule has 0 unspecified atom stereocenters. The standard InChI is InChI=1S/C19H26ClN3O2S/c1-19(2,3)23-12-13(10-11-22(4)5)18(26-23)21-17(24)14-8-7-9-15(20)16(14)25-6/h7-9,12H,10-11H2,1-6H3. The molecule has 1 aromatic heterocycles. The van der Waals surface area contributed by atoms with Crippen LogP contribution >= 0.6 is 23.1 Å². The smallest absolute Gasteiger partial charge is 0.282 e. The van der Waals surface area contributed by atoms with Crippen molar-refractivity contribution in [1.29, 1.82) is 0 Å². The molecular formula is C19H26ClN3O2S. The molecule has 1 aromatic carbocycles. The van der Waals surface area contributed by atoms with Crippen LogP contribution in [0.3, 0.4) is 0 Å². The van der Waals surface area contributed by atoms with E-state index in [0.29, 0.717) is 16.3 Å². The summed E-state index contributed by atoms with van der Waals surface area (Å²) in [5, 5.41) is 0.400. The Bertz CT molecular complexity index is 847. The summed E-state index contributed by atoms with van der Waals surface area (Å²) in [5.41, 5.74) is 1.37. The Balaban J connectivity index is 2.50. The van der Waals surface area contributed by atoms with Gasteiger partial charge in [-0.2, -0.15) is 4.99 Å². The van der Waals surface area contributed by atoms with Crippen LogP contribution in [0.25, 0.3) is 0 Å². The van der Waals surface area contributed by atoms with Gasteiger partial charge in [0.1, 0.15) is 10.4 Å². The molecule has 0 saturated heterocycles. The van der Waals surface area contributed by atoms with E-state index < -0.39 is 0 Å². The quantitative estimate of drug-likeness (QED) is 0.773. The zero-order valence-electron chi connectivity index (χ0n) is 16.2. The second kappa shape index (κ2) is 8.37. The van der Waals surface area contributed by atoms with E-state index in [9.17, 15) is 4.79 Å². The van der Waals surface area contributed by atoms with Crippen molar-refractivity contribution < 1.29 is 9.53 Å². The summed E-state index contributed by atoms with van der Waals surface area (Å²) >= 11 is 7.63. The molecule has 0 N–H and O–H groups in total. The molecule has 1 heterocycles. The molecule has 7 heteroatoms. The monoisotopic (exact) mass is 395 g/mol. The number of rotatable bonds is 5. The zero-order valence-corrected chi connectivity index (χ0v) is 17.7. The van der Waals surface area contributed by atoms with Gasteiger partial charge in [0.25, 0.3) is 5.91 Å². The molecule has 0 atom stereocenters. The first-order chi connectivity index (χ1) is 12.1. The van der Waals surface area contributed by atoms with E-state index in [2.05, 4.69) is 40.8 Å². The molecule has 26 heavy (non-hydrogen) atoms. The number of likely N-dealkylation sites (N-methyl/N-ethyl adjacent to an activating group) is 1. The minimum Gasteiger partial charge on any atom is -0.494 e. The van der Waals surface area contributed by atoms with Gasteiger partial charge in [0.2, 0.25) is 0 Å². The van der Waals surface area contributed by atoms with Gasteiger partial charge >= 0.3 is 0 Å². The number of para-hydroxylation sites is 1. The predicted octanol–water partition coefficient (Wildman–Crippen LogP) is 3.81. The predicted molar refractivity (Wildman–Crippen MR) is 107 cm³/mol. The third-order valence-electron chi connectivity index (χ3n) is 3.83. The van der Waals surface area contributed by atoms with Gasteiger partial charge in [0.15, 0.2) is 0 Å². The SMILES string of the molecule is COc1c(Cl)cccc1C(=O)N=c1sn(C(C)(C)C)cc1CCN(C)C. The molecule has 0 saturated carbocycles. The molecule has 2 rings (SSSR count). The summed E-state index contributed by atoms with van der Waals surface area (Å²) in [6, 6.07) is 5.10. The second-order valence-electron chi connectivity index (χ2n) is 7.34. The summed E-state index contributed by atoms with van der Waals surface area (Å²) < 4.78 is 8.15. The Morgan fingerprint density at radius 3 is 2.62 bits per heavy atom. The van der Waals surface area contributed by atoms with Crippen LogP contribution in [0.15, 0.2) is 29.4 Å². The second-order valence-corrected chi connectivity index (χ2v) is 8.71. The van der Waals surface area contributed by atoms with Crippen LogP contribution in [0, 0.1) is 0 Å². The van der Waals surface area contributed by atoms with Gasteiger partial charge in [-0.15, -0.1) is 0 Å². The van der Waals surface area contributed by atoms with Gasteiger partial charge < -0.3 is 9.64 Å². The number of hydrogen-bond donors (Lipinski definition) is 0. The zero-order chi connectivity index (χ0) is 19.5. The van der Waals surface area contributed by atoms with Crippen molar-refractivity contribution in [3.8, 4) is 5.75 Å². The van der Waals surface area contributed by atoms with Gasteiger partial charge in [-0.25, -0.2) is 0 Å². The van der Waals surface area contributed by atoms with Gasteiger partial charge in [0.05, 0.1) is 17.7 Å². The first-order valence-electron chi connectivity index (χ1n) is 8.42. The van der Waals surface area contributed by atoms with Crippen LogP contribution in [0.5, 0.6) is 5.75 Å². The minimum atomic E-state index is -0.349. The average molecular weight is 396 g/mol. The summed E-state index contributed by atoms with van der Waals surface area (Å²) in [7, 11) is 5.56. The van der Waals surface area contributed by atoms with Crippen LogP contribution in [-0.4, -0.2) is 42.5 Å². The number of nitrogens with zero attached hydrogens (tertiary/aromatic N) is 3. The third-order valence-corrected chi connectivity index (χ3v) is 5.50. The van der Waals surface area contributed by atoms with Crippen molar-refractivity contribution in [3.05, 3.63) is 45.2 Å². The number of methoxy groups -OCH3 is 1. The molecule has 0 aliphatic carbocycles. The third kappa shape index (κ3) is 4.96. The maximum absolute atomic E-state index is 12.8. The summed E-state index contributed by atoms with van der Waals surface area (Å²) in [6.45, 7) is 7.28. The van der Waals surface area contributed by atoms with E-state index in [1.54, 1.807) is 18.2 Å². The van der Waals surface area contributed by atoms with Gasteiger partial charge in [-0.05, 0) is 65.0 Å². The molecular weight excluding hydrogens is 370 g/mol. The number of aromatic nitrogens is 1. The fourth-order valence-corrected chi connectivity index (χ4v) is 3.64. The van der Waals surface area contributed by atoms with Crippen molar-refractivity contribution in [2.24, 2.45) is 4.99 Å². The highest BCUT2D eigenvalue weighted by Gasteiger charge is 2.18. The Hall–Kier alpha value is -1.63. The highest BCUT2D eigenvalue weighted by atomic mass is 35.5. The molecule has 0 spiro atoms. The fourth-order valence-electron chi connectivity index (χ4n) is 2.35.